The van der Waals surface area contributed by atoms with Crippen molar-refractivity contribution in [2.45, 2.75) is 13.8 Å². The van der Waals surface area contributed by atoms with E-state index in [4.69, 9.17) is 0 Å². The quantitative estimate of drug-likeness (QED) is 0.916. The number of pyridine rings is 1. The number of hydrogen-bond acceptors (Lipinski definition) is 2. The van der Waals surface area contributed by atoms with E-state index >= 15 is 0 Å². The maximum atomic E-state index is 12.4. The van der Waals surface area contributed by atoms with Gasteiger partial charge < -0.3 is 9.88 Å². The molecule has 4 nitrogen and oxygen atoms in total. The molecule has 0 saturated carbocycles. The Hall–Kier alpha value is -2.36. The van der Waals surface area contributed by atoms with Crippen molar-refractivity contribution in [3.05, 3.63) is 64.1 Å². The largest absolute Gasteiger partial charge is 0.367 e. The molecule has 0 fully saturated rings. The molecule has 0 atom stereocenters. The van der Waals surface area contributed by atoms with E-state index in [0.717, 1.165) is 11.3 Å². The van der Waals surface area contributed by atoms with E-state index in [-0.39, 0.29) is 16.9 Å². The molecule has 0 bridgehead atoms. The average molecular weight is 256 g/mol. The van der Waals surface area contributed by atoms with E-state index in [2.05, 4.69) is 4.98 Å². The Labute approximate surface area is 111 Å². The van der Waals surface area contributed by atoms with Crippen LogP contribution in [0.3, 0.4) is 0 Å². The number of aromatic amines is 1. The molecular weight excluding hydrogens is 240 g/mol. The molecule has 98 valence electrons. The molecule has 19 heavy (non-hydrogen) atoms. The first kappa shape index (κ1) is 13.1. The lowest BCUT2D eigenvalue weighted by atomic mass is 10.2. The molecule has 2 aromatic rings. The molecule has 0 unspecified atom stereocenters. The van der Waals surface area contributed by atoms with Gasteiger partial charge in [-0.1, -0.05) is 17.7 Å². The summed E-state index contributed by atoms with van der Waals surface area (Å²) in [6.45, 7) is 4.38. The van der Waals surface area contributed by atoms with Crippen molar-refractivity contribution in [2.75, 3.05) is 11.4 Å². The van der Waals surface area contributed by atoms with Gasteiger partial charge in [0.25, 0.3) is 5.91 Å². The third-order valence-corrected chi connectivity index (χ3v) is 2.96. The van der Waals surface area contributed by atoms with E-state index in [1.165, 1.54) is 18.5 Å². The summed E-state index contributed by atoms with van der Waals surface area (Å²) in [5.74, 6) is -0.284. The highest BCUT2D eigenvalue weighted by atomic mass is 16.2. The highest BCUT2D eigenvalue weighted by Crippen LogP contribution is 2.16. The topological polar surface area (TPSA) is 53.2 Å². The summed E-state index contributed by atoms with van der Waals surface area (Å²) in [7, 11) is 0. The van der Waals surface area contributed by atoms with E-state index in [9.17, 15) is 9.59 Å². The molecule has 0 radical (unpaired) electrons. The minimum Gasteiger partial charge on any atom is -0.367 e. The Balaban J connectivity index is 2.38. The van der Waals surface area contributed by atoms with Gasteiger partial charge in [-0.15, -0.1) is 0 Å². The molecule has 1 aromatic carbocycles. The zero-order chi connectivity index (χ0) is 13.8. The first-order valence-electron chi connectivity index (χ1n) is 6.19. The van der Waals surface area contributed by atoms with Gasteiger partial charge in [-0.05, 0) is 26.0 Å². The minimum atomic E-state index is -0.284. The van der Waals surface area contributed by atoms with Crippen LogP contribution < -0.4 is 10.3 Å². The van der Waals surface area contributed by atoms with Gasteiger partial charge in [0.15, 0.2) is 5.43 Å². The van der Waals surface area contributed by atoms with Crippen molar-refractivity contribution in [1.29, 1.82) is 0 Å². The van der Waals surface area contributed by atoms with Crippen LogP contribution in [-0.4, -0.2) is 17.4 Å². The smallest absolute Gasteiger partial charge is 0.263 e. The van der Waals surface area contributed by atoms with Crippen LogP contribution in [-0.2, 0) is 0 Å². The van der Waals surface area contributed by atoms with Gasteiger partial charge in [0, 0.05) is 30.7 Å². The van der Waals surface area contributed by atoms with Crippen molar-refractivity contribution in [3.63, 3.8) is 0 Å². The summed E-state index contributed by atoms with van der Waals surface area (Å²) < 4.78 is 0. The highest BCUT2D eigenvalue weighted by molar-refractivity contribution is 6.05. The number of hydrogen-bond donors (Lipinski definition) is 1. The second-order valence-electron chi connectivity index (χ2n) is 4.31. The van der Waals surface area contributed by atoms with Gasteiger partial charge in [-0.3, -0.25) is 9.59 Å². The lowest BCUT2D eigenvalue weighted by molar-refractivity contribution is 0.0987. The van der Waals surface area contributed by atoms with Gasteiger partial charge in [0.2, 0.25) is 0 Å². The monoisotopic (exact) mass is 256 g/mol. The molecule has 1 aromatic heterocycles. The normalized spacial score (nSPS) is 10.2. The number of amides is 1. The molecule has 0 saturated heterocycles. The number of aryl methyl sites for hydroxylation is 1. The number of rotatable bonds is 3. The Morgan fingerprint density at radius 3 is 2.47 bits per heavy atom. The van der Waals surface area contributed by atoms with Crippen LogP contribution in [0.15, 0.2) is 47.5 Å². The lowest BCUT2D eigenvalue weighted by Crippen LogP contribution is -2.34. The highest BCUT2D eigenvalue weighted by Gasteiger charge is 2.18. The van der Waals surface area contributed by atoms with Gasteiger partial charge >= 0.3 is 0 Å². The van der Waals surface area contributed by atoms with Gasteiger partial charge in [-0.25, -0.2) is 0 Å². The summed E-state index contributed by atoms with van der Waals surface area (Å²) in [4.78, 5) is 28.4. The molecule has 1 heterocycles. The second kappa shape index (κ2) is 5.52. The van der Waals surface area contributed by atoms with Crippen molar-refractivity contribution >= 4 is 11.6 Å². The van der Waals surface area contributed by atoms with Crippen LogP contribution in [0.25, 0.3) is 0 Å². The minimum absolute atomic E-state index is 0.157. The maximum Gasteiger partial charge on any atom is 0.263 e. The van der Waals surface area contributed by atoms with Crippen LogP contribution in [0.5, 0.6) is 0 Å². The van der Waals surface area contributed by atoms with E-state index in [1.807, 2.05) is 38.1 Å². The number of nitrogens with one attached hydrogen (secondary N) is 1. The molecule has 0 aliphatic heterocycles. The summed E-state index contributed by atoms with van der Waals surface area (Å²) in [5, 5.41) is 0. The number of H-pyrrole nitrogens is 1. The van der Waals surface area contributed by atoms with E-state index < -0.39 is 0 Å². The molecule has 0 aliphatic carbocycles. The van der Waals surface area contributed by atoms with Gasteiger partial charge in [0.05, 0.1) is 0 Å². The Kier molecular flexibility index (Phi) is 3.80. The van der Waals surface area contributed by atoms with Crippen LogP contribution >= 0.6 is 0 Å². The van der Waals surface area contributed by atoms with Gasteiger partial charge in [0.1, 0.15) is 5.56 Å². The number of nitrogens with zero attached hydrogens (tertiary/aromatic N) is 1. The molecular formula is C15H16N2O2. The van der Waals surface area contributed by atoms with Crippen molar-refractivity contribution < 1.29 is 4.79 Å². The van der Waals surface area contributed by atoms with Crippen LogP contribution in [0.4, 0.5) is 5.69 Å². The third kappa shape index (κ3) is 2.73. The molecule has 1 N–H and O–H groups in total. The average Bonchev–Trinajstić information content (AvgIpc) is 2.42. The SMILES string of the molecule is CCN(C(=O)c1c[nH]ccc1=O)c1ccc(C)cc1. The molecule has 2 rings (SSSR count). The zero-order valence-electron chi connectivity index (χ0n) is 11.0. The predicted molar refractivity (Wildman–Crippen MR) is 75.6 cm³/mol. The summed E-state index contributed by atoms with van der Waals surface area (Å²) >= 11 is 0. The fraction of sp³-hybridized carbons (Fsp3) is 0.200. The molecule has 0 aliphatic rings. The first-order chi connectivity index (χ1) is 9.13. The second-order valence-corrected chi connectivity index (χ2v) is 4.31. The Morgan fingerprint density at radius 2 is 1.89 bits per heavy atom. The fourth-order valence-corrected chi connectivity index (χ4v) is 1.90. The van der Waals surface area contributed by atoms with Crippen LogP contribution in [0.1, 0.15) is 22.8 Å². The van der Waals surface area contributed by atoms with Crippen molar-refractivity contribution in [3.8, 4) is 0 Å². The Morgan fingerprint density at radius 1 is 1.21 bits per heavy atom. The molecule has 4 heteroatoms. The summed E-state index contributed by atoms with van der Waals surface area (Å²) in [5.41, 5.74) is 1.81. The molecule has 1 amide bonds. The van der Waals surface area contributed by atoms with E-state index in [1.54, 1.807) is 4.90 Å². The number of carbonyl (C=O) groups excluding carboxylic acids is 1. The Bertz CT molecular complexity index is 629. The number of aromatic nitrogens is 1. The number of benzene rings is 1. The van der Waals surface area contributed by atoms with Crippen LogP contribution in [0, 0.1) is 6.92 Å². The van der Waals surface area contributed by atoms with Crippen molar-refractivity contribution in [2.24, 2.45) is 0 Å². The summed E-state index contributed by atoms with van der Waals surface area (Å²) in [6.07, 6.45) is 2.96. The predicted octanol–water partition coefficient (Wildman–Crippen LogP) is 2.35. The fourth-order valence-electron chi connectivity index (χ4n) is 1.90. The summed E-state index contributed by atoms with van der Waals surface area (Å²) in [6, 6.07) is 9.01. The van der Waals surface area contributed by atoms with Gasteiger partial charge in [-0.2, -0.15) is 0 Å². The molecule has 0 spiro atoms. The van der Waals surface area contributed by atoms with Crippen molar-refractivity contribution in [1.82, 2.24) is 4.98 Å². The standard InChI is InChI=1S/C15H16N2O2/c1-3-17(12-6-4-11(2)5-7-12)15(19)13-10-16-9-8-14(13)18/h4-10H,3H2,1-2H3,(H,16,18). The maximum absolute atomic E-state index is 12.4. The lowest BCUT2D eigenvalue weighted by Gasteiger charge is -2.20. The number of anilines is 1. The van der Waals surface area contributed by atoms with E-state index in [0.29, 0.717) is 6.54 Å². The first-order valence-corrected chi connectivity index (χ1v) is 6.19. The number of carbonyl (C=O) groups is 1. The van der Waals surface area contributed by atoms with Crippen LogP contribution in [0.2, 0.25) is 0 Å². The third-order valence-electron chi connectivity index (χ3n) is 2.96. The zero-order valence-corrected chi connectivity index (χ0v) is 11.0.